The van der Waals surface area contributed by atoms with Crippen molar-refractivity contribution >= 4 is 5.97 Å². The predicted octanol–water partition coefficient (Wildman–Crippen LogP) is 1.17. The van der Waals surface area contributed by atoms with Gasteiger partial charge in [0.25, 0.3) is 0 Å². The standard InChI is InChI=1S/C12H24N2O2/c1-9(2)13-10(11(15)16)7-14-6-5-12(3,4)8-14/h9-10,13H,5-8H2,1-4H3,(H,15,16). The molecule has 0 saturated carbocycles. The van der Waals surface area contributed by atoms with E-state index in [-0.39, 0.29) is 6.04 Å². The van der Waals surface area contributed by atoms with Gasteiger partial charge in [0.15, 0.2) is 0 Å². The van der Waals surface area contributed by atoms with Crippen molar-refractivity contribution in [2.24, 2.45) is 5.41 Å². The Balaban J connectivity index is 2.47. The van der Waals surface area contributed by atoms with Crippen LogP contribution in [-0.2, 0) is 4.79 Å². The van der Waals surface area contributed by atoms with Gasteiger partial charge in [-0.15, -0.1) is 0 Å². The second-order valence-corrected chi connectivity index (χ2v) is 5.86. The van der Waals surface area contributed by atoms with Gasteiger partial charge in [-0.05, 0) is 18.4 Å². The minimum absolute atomic E-state index is 0.205. The van der Waals surface area contributed by atoms with Gasteiger partial charge in [-0.3, -0.25) is 4.79 Å². The lowest BCUT2D eigenvalue weighted by Gasteiger charge is -2.24. The summed E-state index contributed by atoms with van der Waals surface area (Å²) in [5, 5.41) is 12.2. The first-order valence-electron chi connectivity index (χ1n) is 6.01. The summed E-state index contributed by atoms with van der Waals surface area (Å²) in [5.41, 5.74) is 0.334. The van der Waals surface area contributed by atoms with Crippen LogP contribution in [0.4, 0.5) is 0 Å². The summed E-state index contributed by atoms with van der Waals surface area (Å²) in [6.45, 7) is 11.0. The SMILES string of the molecule is CC(C)NC(CN1CCC(C)(C)C1)C(=O)O. The Morgan fingerprint density at radius 1 is 1.50 bits per heavy atom. The third-order valence-electron chi connectivity index (χ3n) is 3.03. The van der Waals surface area contributed by atoms with Crippen LogP contribution in [0, 0.1) is 5.41 Å². The average molecular weight is 228 g/mol. The summed E-state index contributed by atoms with van der Waals surface area (Å²) >= 11 is 0. The van der Waals surface area contributed by atoms with E-state index in [1.165, 1.54) is 0 Å². The molecule has 0 amide bonds. The fourth-order valence-corrected chi connectivity index (χ4v) is 2.24. The highest BCUT2D eigenvalue weighted by Crippen LogP contribution is 2.28. The zero-order chi connectivity index (χ0) is 12.3. The number of aliphatic carboxylic acids is 1. The van der Waals surface area contributed by atoms with Crippen LogP contribution in [0.1, 0.15) is 34.1 Å². The second-order valence-electron chi connectivity index (χ2n) is 5.86. The lowest BCUT2D eigenvalue weighted by Crippen LogP contribution is -2.48. The quantitative estimate of drug-likeness (QED) is 0.741. The molecule has 2 N–H and O–H groups in total. The van der Waals surface area contributed by atoms with E-state index >= 15 is 0 Å². The van der Waals surface area contributed by atoms with E-state index in [0.717, 1.165) is 19.5 Å². The molecule has 0 aliphatic carbocycles. The van der Waals surface area contributed by atoms with Gasteiger partial charge < -0.3 is 15.3 Å². The zero-order valence-corrected chi connectivity index (χ0v) is 10.8. The fourth-order valence-electron chi connectivity index (χ4n) is 2.24. The molecule has 1 unspecified atom stereocenters. The zero-order valence-electron chi connectivity index (χ0n) is 10.8. The Hall–Kier alpha value is -0.610. The van der Waals surface area contributed by atoms with E-state index < -0.39 is 12.0 Å². The minimum Gasteiger partial charge on any atom is -0.480 e. The molecule has 0 aromatic carbocycles. The minimum atomic E-state index is -0.751. The van der Waals surface area contributed by atoms with Crippen molar-refractivity contribution in [2.45, 2.75) is 46.2 Å². The summed E-state index contributed by atoms with van der Waals surface area (Å²) in [6.07, 6.45) is 1.15. The topological polar surface area (TPSA) is 52.6 Å². The third-order valence-corrected chi connectivity index (χ3v) is 3.03. The van der Waals surface area contributed by atoms with E-state index in [4.69, 9.17) is 5.11 Å². The summed E-state index contributed by atoms with van der Waals surface area (Å²) in [4.78, 5) is 13.3. The highest BCUT2D eigenvalue weighted by molar-refractivity contribution is 5.73. The van der Waals surface area contributed by atoms with Gasteiger partial charge >= 0.3 is 5.97 Å². The Kier molecular flexibility index (Phi) is 4.33. The number of carbonyl (C=O) groups is 1. The maximum Gasteiger partial charge on any atom is 0.322 e. The molecule has 1 aliphatic rings. The number of hydrogen-bond acceptors (Lipinski definition) is 3. The monoisotopic (exact) mass is 228 g/mol. The molecular formula is C12H24N2O2. The number of hydrogen-bond donors (Lipinski definition) is 2. The van der Waals surface area contributed by atoms with Crippen molar-refractivity contribution in [3.63, 3.8) is 0 Å². The predicted molar refractivity (Wildman–Crippen MR) is 64.5 cm³/mol. The molecule has 1 aliphatic heterocycles. The van der Waals surface area contributed by atoms with E-state index in [1.807, 2.05) is 13.8 Å². The fraction of sp³-hybridized carbons (Fsp3) is 0.917. The van der Waals surface area contributed by atoms with E-state index in [0.29, 0.717) is 12.0 Å². The molecule has 4 heteroatoms. The van der Waals surface area contributed by atoms with Crippen molar-refractivity contribution in [3.8, 4) is 0 Å². The smallest absolute Gasteiger partial charge is 0.322 e. The van der Waals surface area contributed by atoms with Gasteiger partial charge in [0.1, 0.15) is 6.04 Å². The van der Waals surface area contributed by atoms with Crippen molar-refractivity contribution in [1.29, 1.82) is 0 Å². The van der Waals surface area contributed by atoms with Crippen LogP contribution in [0.5, 0.6) is 0 Å². The molecule has 1 atom stereocenters. The molecule has 16 heavy (non-hydrogen) atoms. The van der Waals surface area contributed by atoms with Gasteiger partial charge in [-0.1, -0.05) is 27.7 Å². The number of carboxylic acids is 1. The van der Waals surface area contributed by atoms with Crippen LogP contribution >= 0.6 is 0 Å². The van der Waals surface area contributed by atoms with Gasteiger partial charge in [0.05, 0.1) is 0 Å². The Labute approximate surface area is 98.0 Å². The molecule has 0 radical (unpaired) electrons. The highest BCUT2D eigenvalue weighted by atomic mass is 16.4. The highest BCUT2D eigenvalue weighted by Gasteiger charge is 2.31. The number of likely N-dealkylation sites (tertiary alicyclic amines) is 1. The summed E-state index contributed by atoms with van der Waals surface area (Å²) in [5.74, 6) is -0.751. The first-order chi connectivity index (χ1) is 7.30. The number of nitrogens with zero attached hydrogens (tertiary/aromatic N) is 1. The first-order valence-corrected chi connectivity index (χ1v) is 6.01. The van der Waals surface area contributed by atoms with Gasteiger partial charge in [-0.25, -0.2) is 0 Å². The van der Waals surface area contributed by atoms with Gasteiger partial charge in [0.2, 0.25) is 0 Å². The molecule has 0 aromatic heterocycles. The molecule has 0 spiro atoms. The van der Waals surface area contributed by atoms with Crippen LogP contribution < -0.4 is 5.32 Å². The molecule has 1 heterocycles. The molecule has 0 bridgehead atoms. The van der Waals surface area contributed by atoms with Crippen LogP contribution in [0.3, 0.4) is 0 Å². The van der Waals surface area contributed by atoms with Crippen LogP contribution in [-0.4, -0.2) is 47.7 Å². The molecule has 0 aromatic rings. The van der Waals surface area contributed by atoms with Crippen molar-refractivity contribution in [1.82, 2.24) is 10.2 Å². The molecule has 1 fully saturated rings. The lowest BCUT2D eigenvalue weighted by molar-refractivity contribution is -0.140. The van der Waals surface area contributed by atoms with Gasteiger partial charge in [0, 0.05) is 19.1 Å². The Bertz CT molecular complexity index is 251. The normalized spacial score (nSPS) is 22.6. The van der Waals surface area contributed by atoms with Crippen LogP contribution in [0.2, 0.25) is 0 Å². The van der Waals surface area contributed by atoms with E-state index in [1.54, 1.807) is 0 Å². The average Bonchev–Trinajstić information content (AvgIpc) is 2.43. The molecular weight excluding hydrogens is 204 g/mol. The molecule has 94 valence electrons. The second kappa shape index (κ2) is 5.15. The van der Waals surface area contributed by atoms with Crippen LogP contribution in [0.15, 0.2) is 0 Å². The van der Waals surface area contributed by atoms with Crippen molar-refractivity contribution in [2.75, 3.05) is 19.6 Å². The van der Waals surface area contributed by atoms with Gasteiger partial charge in [-0.2, -0.15) is 0 Å². The van der Waals surface area contributed by atoms with E-state index in [2.05, 4.69) is 24.1 Å². The number of carboxylic acid groups (broad SMARTS) is 1. The summed E-state index contributed by atoms with van der Waals surface area (Å²) in [6, 6.07) is -0.245. The lowest BCUT2D eigenvalue weighted by atomic mass is 9.93. The largest absolute Gasteiger partial charge is 0.480 e. The Morgan fingerprint density at radius 3 is 2.50 bits per heavy atom. The first kappa shape index (κ1) is 13.5. The summed E-state index contributed by atoms with van der Waals surface area (Å²) in [7, 11) is 0. The van der Waals surface area contributed by atoms with Crippen molar-refractivity contribution in [3.05, 3.63) is 0 Å². The molecule has 4 nitrogen and oxygen atoms in total. The molecule has 1 rings (SSSR count). The van der Waals surface area contributed by atoms with Crippen molar-refractivity contribution < 1.29 is 9.90 Å². The molecule has 1 saturated heterocycles. The van der Waals surface area contributed by atoms with Crippen LogP contribution in [0.25, 0.3) is 0 Å². The number of rotatable bonds is 5. The summed E-state index contributed by atoms with van der Waals surface area (Å²) < 4.78 is 0. The van der Waals surface area contributed by atoms with E-state index in [9.17, 15) is 4.79 Å². The number of nitrogens with one attached hydrogen (secondary N) is 1. The third kappa shape index (κ3) is 4.10. The maximum atomic E-state index is 11.1. The Morgan fingerprint density at radius 2 is 2.12 bits per heavy atom. The maximum absolute atomic E-state index is 11.1.